The zero-order valence-electron chi connectivity index (χ0n) is 18.0. The van der Waals surface area contributed by atoms with E-state index >= 15 is 0 Å². The molecule has 0 saturated heterocycles. The summed E-state index contributed by atoms with van der Waals surface area (Å²) in [4.78, 5) is 24.7. The average molecular weight is 456 g/mol. The van der Waals surface area contributed by atoms with Gasteiger partial charge in [0.25, 0.3) is 0 Å². The number of hydrogen-bond acceptors (Lipinski definition) is 8. The van der Waals surface area contributed by atoms with Crippen LogP contribution >= 0.6 is 11.8 Å². The van der Waals surface area contributed by atoms with Gasteiger partial charge in [-0.3, -0.25) is 0 Å². The van der Waals surface area contributed by atoms with Gasteiger partial charge in [-0.1, -0.05) is 5.16 Å². The summed E-state index contributed by atoms with van der Waals surface area (Å²) < 4.78 is 28.4. The second kappa shape index (κ2) is 10.7. The minimum absolute atomic E-state index is 0.313. The van der Waals surface area contributed by atoms with E-state index in [9.17, 15) is 9.18 Å². The number of amides is 1. The first-order chi connectivity index (χ1) is 15.5. The van der Waals surface area contributed by atoms with Crippen LogP contribution in [0.25, 0.3) is 11.4 Å². The van der Waals surface area contributed by atoms with Crippen molar-refractivity contribution in [3.05, 3.63) is 59.5 Å². The Morgan fingerprint density at radius 1 is 1.19 bits per heavy atom. The Bertz CT molecular complexity index is 1140. The SMILES string of the molecule is COC(=O)/N=C(\SC)C(=Nc1ccc(-c2noc(C)n2)cc1)c1cc(CF)cc(OC)c1. The molecule has 0 atom stereocenters. The molecule has 0 spiro atoms. The predicted molar refractivity (Wildman–Crippen MR) is 122 cm³/mol. The Hall–Kier alpha value is -3.53. The van der Waals surface area contributed by atoms with Crippen LogP contribution in [-0.4, -0.2) is 47.5 Å². The summed E-state index contributed by atoms with van der Waals surface area (Å²) in [5.41, 5.74) is 2.68. The molecule has 0 fully saturated rings. The summed E-state index contributed by atoms with van der Waals surface area (Å²) in [6, 6.07) is 12.1. The van der Waals surface area contributed by atoms with Gasteiger partial charge in [0.2, 0.25) is 11.7 Å². The molecule has 0 unspecified atom stereocenters. The van der Waals surface area contributed by atoms with Gasteiger partial charge in [0, 0.05) is 18.1 Å². The van der Waals surface area contributed by atoms with E-state index in [4.69, 9.17) is 14.3 Å². The standard InChI is InChI=1S/C22H21FN4O4S/c1-13-24-20(27-31-13)15-5-7-17(8-6-15)25-19(21(32-4)26-22(28)30-3)16-9-14(12-23)10-18(11-16)29-2/h5-11H,12H2,1-4H3/b25-19?,26-21-. The molecule has 0 radical (unpaired) electrons. The fourth-order valence-electron chi connectivity index (χ4n) is 2.78. The molecule has 0 aliphatic heterocycles. The number of thioether (sulfide) groups is 1. The Balaban J connectivity index is 2.11. The topological polar surface area (TPSA) is 99.2 Å². The first kappa shape index (κ1) is 23.1. The van der Waals surface area contributed by atoms with Crippen LogP contribution < -0.4 is 4.74 Å². The van der Waals surface area contributed by atoms with Gasteiger partial charge in [0.05, 0.1) is 19.9 Å². The lowest BCUT2D eigenvalue weighted by atomic mass is 10.1. The summed E-state index contributed by atoms with van der Waals surface area (Å²) in [6.45, 7) is 1.03. The lowest BCUT2D eigenvalue weighted by Gasteiger charge is -2.12. The minimum atomic E-state index is -0.765. The largest absolute Gasteiger partial charge is 0.497 e. The van der Waals surface area contributed by atoms with Crippen molar-refractivity contribution in [2.75, 3.05) is 20.5 Å². The van der Waals surface area contributed by atoms with Crippen LogP contribution in [0.15, 0.2) is 57.0 Å². The van der Waals surface area contributed by atoms with Gasteiger partial charge in [-0.2, -0.15) is 9.98 Å². The summed E-state index contributed by atoms with van der Waals surface area (Å²) in [6.07, 6.45) is 0.994. The highest BCUT2D eigenvalue weighted by atomic mass is 32.2. The van der Waals surface area contributed by atoms with Crippen LogP contribution in [0.2, 0.25) is 0 Å². The van der Waals surface area contributed by atoms with Gasteiger partial charge in [-0.25, -0.2) is 14.2 Å². The molecule has 10 heteroatoms. The van der Waals surface area contributed by atoms with E-state index in [1.807, 2.05) is 0 Å². The van der Waals surface area contributed by atoms with Crippen LogP contribution in [0.1, 0.15) is 17.0 Å². The van der Waals surface area contributed by atoms with Gasteiger partial charge in [-0.05, 0) is 54.3 Å². The number of alkyl halides is 1. The van der Waals surface area contributed by atoms with Crippen molar-refractivity contribution >= 4 is 34.3 Å². The highest BCUT2D eigenvalue weighted by Crippen LogP contribution is 2.25. The second-order valence-electron chi connectivity index (χ2n) is 6.44. The smallest absolute Gasteiger partial charge is 0.434 e. The number of aliphatic imine (C=N–C) groups is 2. The van der Waals surface area contributed by atoms with Crippen molar-refractivity contribution < 1.29 is 23.2 Å². The maximum absolute atomic E-state index is 13.4. The number of nitrogens with zero attached hydrogens (tertiary/aromatic N) is 4. The van der Waals surface area contributed by atoms with Crippen LogP contribution in [0.4, 0.5) is 14.9 Å². The van der Waals surface area contributed by atoms with E-state index in [0.29, 0.717) is 45.0 Å². The van der Waals surface area contributed by atoms with Crippen LogP contribution in [0.5, 0.6) is 5.75 Å². The highest BCUT2D eigenvalue weighted by molar-refractivity contribution is 8.15. The third-order valence-corrected chi connectivity index (χ3v) is 4.96. The van der Waals surface area contributed by atoms with E-state index in [2.05, 4.69) is 19.9 Å². The summed E-state index contributed by atoms with van der Waals surface area (Å²) in [5, 5.41) is 4.21. The Morgan fingerprint density at radius 3 is 2.50 bits per heavy atom. The van der Waals surface area contributed by atoms with Crippen LogP contribution in [0.3, 0.4) is 0 Å². The number of aromatic nitrogens is 2. The Morgan fingerprint density at radius 2 is 1.94 bits per heavy atom. The van der Waals surface area contributed by atoms with Gasteiger partial charge < -0.3 is 14.0 Å². The monoisotopic (exact) mass is 456 g/mol. The quantitative estimate of drug-likeness (QED) is 0.373. The molecule has 166 valence electrons. The van der Waals surface area contributed by atoms with Crippen molar-refractivity contribution in [3.63, 3.8) is 0 Å². The first-order valence-corrected chi connectivity index (χ1v) is 10.6. The zero-order valence-corrected chi connectivity index (χ0v) is 18.8. The molecule has 0 bridgehead atoms. The number of benzene rings is 2. The van der Waals surface area contributed by atoms with E-state index in [-0.39, 0.29) is 0 Å². The third-order valence-electron chi connectivity index (χ3n) is 4.29. The summed E-state index contributed by atoms with van der Waals surface area (Å²) in [7, 11) is 2.74. The number of rotatable bonds is 6. The summed E-state index contributed by atoms with van der Waals surface area (Å²) in [5.74, 6) is 1.40. The molecule has 0 aliphatic carbocycles. The first-order valence-electron chi connectivity index (χ1n) is 9.42. The maximum atomic E-state index is 13.4. The van der Waals surface area contributed by atoms with Gasteiger partial charge in [-0.15, -0.1) is 11.8 Å². The molecule has 0 saturated carbocycles. The van der Waals surface area contributed by atoms with Crippen molar-refractivity contribution in [2.45, 2.75) is 13.6 Å². The fraction of sp³-hybridized carbons (Fsp3) is 0.227. The van der Waals surface area contributed by atoms with E-state index in [1.54, 1.807) is 55.6 Å². The predicted octanol–water partition coefficient (Wildman–Crippen LogP) is 5.17. The normalized spacial score (nSPS) is 12.0. The molecule has 3 aromatic rings. The second-order valence-corrected chi connectivity index (χ2v) is 7.23. The van der Waals surface area contributed by atoms with Gasteiger partial charge in [0.1, 0.15) is 23.2 Å². The number of ether oxygens (including phenoxy) is 2. The van der Waals surface area contributed by atoms with Gasteiger partial charge in [0.15, 0.2) is 0 Å². The molecule has 1 amide bonds. The molecule has 1 aromatic heterocycles. The third kappa shape index (κ3) is 5.58. The Kier molecular flexibility index (Phi) is 7.72. The van der Waals surface area contributed by atoms with Crippen molar-refractivity contribution in [1.29, 1.82) is 0 Å². The maximum Gasteiger partial charge on any atom is 0.434 e. The van der Waals surface area contributed by atoms with Crippen molar-refractivity contribution in [3.8, 4) is 17.1 Å². The number of carbonyl (C=O) groups is 1. The van der Waals surface area contributed by atoms with Gasteiger partial charge >= 0.3 is 6.09 Å². The Labute approximate surface area is 188 Å². The fourth-order valence-corrected chi connectivity index (χ4v) is 3.31. The van der Waals surface area contributed by atoms with E-state index in [0.717, 1.165) is 5.56 Å². The number of halogens is 1. The lowest BCUT2D eigenvalue weighted by molar-refractivity contribution is 0.183. The summed E-state index contributed by atoms with van der Waals surface area (Å²) >= 11 is 1.22. The molecule has 8 nitrogen and oxygen atoms in total. The van der Waals surface area contributed by atoms with Crippen LogP contribution in [-0.2, 0) is 11.4 Å². The zero-order chi connectivity index (χ0) is 23.1. The number of hydrogen-bond donors (Lipinski definition) is 0. The molecule has 2 aromatic carbocycles. The molecule has 32 heavy (non-hydrogen) atoms. The number of carbonyl (C=O) groups excluding carboxylic acids is 1. The molecule has 0 N–H and O–H groups in total. The molecule has 1 heterocycles. The van der Waals surface area contributed by atoms with Crippen LogP contribution in [0, 0.1) is 6.92 Å². The van der Waals surface area contributed by atoms with E-state index < -0.39 is 12.8 Å². The number of aryl methyl sites for hydroxylation is 1. The highest BCUT2D eigenvalue weighted by Gasteiger charge is 2.16. The van der Waals surface area contributed by atoms with E-state index in [1.165, 1.54) is 26.0 Å². The molecular formula is C22H21FN4O4S. The van der Waals surface area contributed by atoms with Crippen molar-refractivity contribution in [1.82, 2.24) is 10.1 Å². The molecule has 0 aliphatic rings. The molecular weight excluding hydrogens is 435 g/mol. The lowest BCUT2D eigenvalue weighted by Crippen LogP contribution is -2.15. The minimum Gasteiger partial charge on any atom is -0.497 e. The molecule has 3 rings (SSSR count). The number of methoxy groups -OCH3 is 2. The van der Waals surface area contributed by atoms with Crippen molar-refractivity contribution in [2.24, 2.45) is 9.98 Å². The average Bonchev–Trinajstić information content (AvgIpc) is 3.27.